The predicted octanol–water partition coefficient (Wildman–Crippen LogP) is 2.06. The Kier molecular flexibility index (Phi) is 4.56. The molecule has 1 fully saturated rings. The number of likely N-dealkylation sites (N-methyl/N-ethyl adjacent to an activating group) is 1. The Labute approximate surface area is 129 Å². The van der Waals surface area contributed by atoms with Crippen LogP contribution in [0.2, 0.25) is 5.02 Å². The van der Waals surface area contributed by atoms with Gasteiger partial charge < -0.3 is 4.90 Å². The van der Waals surface area contributed by atoms with Gasteiger partial charge in [0.2, 0.25) is 15.9 Å². The van der Waals surface area contributed by atoms with Gasteiger partial charge in [-0.2, -0.15) is 0 Å². The van der Waals surface area contributed by atoms with Gasteiger partial charge in [0.15, 0.2) is 0 Å². The van der Waals surface area contributed by atoms with Gasteiger partial charge in [0.1, 0.15) is 4.21 Å². The molecule has 0 aromatic carbocycles. The fourth-order valence-corrected chi connectivity index (χ4v) is 5.52. The standard InChI is InChI=1S/C10H12BrClN2O3S2/c1-14-5-6(2-3-8(14)15)13-19(16,17)9-4-7(12)10(11)18-9/h4,6,13H,2-3,5H2,1H3. The highest BCUT2D eigenvalue weighted by atomic mass is 79.9. The molecule has 0 aliphatic carbocycles. The van der Waals surface area contributed by atoms with Crippen LogP contribution in [0.4, 0.5) is 0 Å². The van der Waals surface area contributed by atoms with Gasteiger partial charge in [0.25, 0.3) is 0 Å². The topological polar surface area (TPSA) is 66.5 Å². The smallest absolute Gasteiger partial charge is 0.250 e. The lowest BCUT2D eigenvalue weighted by Gasteiger charge is -2.29. The Hall–Kier alpha value is -0.150. The van der Waals surface area contributed by atoms with Crippen LogP contribution in [0.15, 0.2) is 14.1 Å². The highest BCUT2D eigenvalue weighted by Gasteiger charge is 2.28. The van der Waals surface area contributed by atoms with Crippen LogP contribution < -0.4 is 4.72 Å². The third kappa shape index (κ3) is 3.49. The van der Waals surface area contributed by atoms with Gasteiger partial charge in [0.05, 0.1) is 8.81 Å². The van der Waals surface area contributed by atoms with Gasteiger partial charge in [-0.3, -0.25) is 4.79 Å². The Morgan fingerprint density at radius 1 is 1.58 bits per heavy atom. The summed E-state index contributed by atoms with van der Waals surface area (Å²) in [5.41, 5.74) is 0. The van der Waals surface area contributed by atoms with E-state index in [9.17, 15) is 13.2 Å². The number of amides is 1. The van der Waals surface area contributed by atoms with E-state index in [4.69, 9.17) is 11.6 Å². The minimum absolute atomic E-state index is 0.0392. The van der Waals surface area contributed by atoms with Gasteiger partial charge in [0, 0.05) is 26.1 Å². The van der Waals surface area contributed by atoms with Crippen molar-refractivity contribution in [2.45, 2.75) is 23.1 Å². The van der Waals surface area contributed by atoms with Gasteiger partial charge >= 0.3 is 0 Å². The maximum absolute atomic E-state index is 12.2. The van der Waals surface area contributed by atoms with Crippen molar-refractivity contribution in [3.8, 4) is 0 Å². The van der Waals surface area contributed by atoms with Gasteiger partial charge in [-0.25, -0.2) is 13.1 Å². The summed E-state index contributed by atoms with van der Waals surface area (Å²) in [6.45, 7) is 0.387. The Morgan fingerprint density at radius 2 is 2.26 bits per heavy atom. The molecule has 1 aromatic heterocycles. The molecule has 0 spiro atoms. The molecule has 1 aliphatic heterocycles. The molecule has 2 rings (SSSR count). The fourth-order valence-electron chi connectivity index (χ4n) is 1.85. The number of hydrogen-bond donors (Lipinski definition) is 1. The van der Waals surface area contributed by atoms with Crippen molar-refractivity contribution >= 4 is 54.8 Å². The van der Waals surface area contributed by atoms with Crippen molar-refractivity contribution in [1.82, 2.24) is 9.62 Å². The summed E-state index contributed by atoms with van der Waals surface area (Å²) in [7, 11) is -1.92. The summed E-state index contributed by atoms with van der Waals surface area (Å²) in [5, 5.41) is 0.376. The third-order valence-corrected chi connectivity index (χ3v) is 7.30. The maximum Gasteiger partial charge on any atom is 0.250 e. The van der Waals surface area contributed by atoms with Crippen LogP contribution in [-0.2, 0) is 14.8 Å². The summed E-state index contributed by atoms with van der Waals surface area (Å²) in [6, 6.07) is 1.16. The summed E-state index contributed by atoms with van der Waals surface area (Å²) in [5.74, 6) is 0.0392. The summed E-state index contributed by atoms with van der Waals surface area (Å²) < 4.78 is 27.7. The number of sulfonamides is 1. The lowest BCUT2D eigenvalue weighted by atomic mass is 10.1. The summed E-state index contributed by atoms with van der Waals surface area (Å²) in [4.78, 5) is 12.9. The van der Waals surface area contributed by atoms with E-state index in [2.05, 4.69) is 20.7 Å². The molecule has 9 heteroatoms. The molecule has 2 heterocycles. The number of carbonyl (C=O) groups excluding carboxylic acids is 1. The molecule has 1 aromatic rings. The Bertz CT molecular complexity index is 582. The van der Waals surface area contributed by atoms with Crippen molar-refractivity contribution in [3.05, 3.63) is 14.9 Å². The second kappa shape index (κ2) is 5.69. The molecule has 106 valence electrons. The normalized spacial score (nSPS) is 20.9. The van der Waals surface area contributed by atoms with Crippen molar-refractivity contribution in [1.29, 1.82) is 0 Å². The van der Waals surface area contributed by atoms with E-state index in [1.165, 1.54) is 11.0 Å². The van der Waals surface area contributed by atoms with Crippen molar-refractivity contribution < 1.29 is 13.2 Å². The van der Waals surface area contributed by atoms with Gasteiger partial charge in [-0.05, 0) is 28.4 Å². The van der Waals surface area contributed by atoms with Crippen LogP contribution in [0.25, 0.3) is 0 Å². The fraction of sp³-hybridized carbons (Fsp3) is 0.500. The van der Waals surface area contributed by atoms with E-state index in [1.807, 2.05) is 0 Å². The number of likely N-dealkylation sites (tertiary alicyclic amines) is 1. The number of nitrogens with zero attached hydrogens (tertiary/aromatic N) is 1. The molecule has 1 saturated heterocycles. The first kappa shape index (κ1) is 15.2. The number of hydrogen-bond acceptors (Lipinski definition) is 4. The third-order valence-electron chi connectivity index (χ3n) is 2.84. The molecule has 1 aliphatic rings. The summed E-state index contributed by atoms with van der Waals surface area (Å²) >= 11 is 10.1. The maximum atomic E-state index is 12.2. The van der Waals surface area contributed by atoms with E-state index >= 15 is 0 Å². The Morgan fingerprint density at radius 3 is 2.79 bits per heavy atom. The molecular formula is C10H12BrClN2O3S2. The SMILES string of the molecule is CN1CC(NS(=O)(=O)c2cc(Cl)c(Br)s2)CCC1=O. The zero-order chi connectivity index (χ0) is 14.2. The first-order valence-electron chi connectivity index (χ1n) is 5.51. The number of thiophene rings is 1. The second-order valence-electron chi connectivity index (χ2n) is 4.32. The molecule has 1 unspecified atom stereocenters. The lowest BCUT2D eigenvalue weighted by molar-refractivity contribution is -0.132. The van der Waals surface area contributed by atoms with Crippen LogP contribution >= 0.6 is 38.9 Å². The van der Waals surface area contributed by atoms with Gasteiger partial charge in [-0.1, -0.05) is 11.6 Å². The van der Waals surface area contributed by atoms with Crippen molar-refractivity contribution in [2.75, 3.05) is 13.6 Å². The number of rotatable bonds is 3. The average Bonchev–Trinajstić information content (AvgIpc) is 2.65. The molecule has 1 N–H and O–H groups in total. The summed E-state index contributed by atoms with van der Waals surface area (Å²) in [6.07, 6.45) is 0.876. The Balaban J connectivity index is 2.11. The van der Waals surface area contributed by atoms with E-state index in [-0.39, 0.29) is 16.2 Å². The van der Waals surface area contributed by atoms with Crippen LogP contribution in [0.1, 0.15) is 12.8 Å². The zero-order valence-electron chi connectivity index (χ0n) is 10.0. The molecular weight excluding hydrogens is 376 g/mol. The molecule has 1 atom stereocenters. The largest absolute Gasteiger partial charge is 0.344 e. The monoisotopic (exact) mass is 386 g/mol. The number of piperidine rings is 1. The number of nitrogens with one attached hydrogen (secondary N) is 1. The predicted molar refractivity (Wildman–Crippen MR) is 78.0 cm³/mol. The van der Waals surface area contributed by atoms with Crippen LogP contribution in [0.3, 0.4) is 0 Å². The highest BCUT2D eigenvalue weighted by molar-refractivity contribution is 9.11. The van der Waals surface area contributed by atoms with Crippen molar-refractivity contribution in [3.63, 3.8) is 0 Å². The van der Waals surface area contributed by atoms with E-state index in [1.54, 1.807) is 7.05 Å². The average molecular weight is 388 g/mol. The van der Waals surface area contributed by atoms with Crippen LogP contribution in [0, 0.1) is 0 Å². The molecule has 5 nitrogen and oxygen atoms in total. The molecule has 1 amide bonds. The molecule has 0 saturated carbocycles. The second-order valence-corrected chi connectivity index (χ2v) is 9.04. The minimum atomic E-state index is -3.59. The first-order valence-corrected chi connectivity index (χ1v) is 8.98. The molecule has 0 radical (unpaired) electrons. The quantitative estimate of drug-likeness (QED) is 0.863. The van der Waals surface area contributed by atoms with Crippen LogP contribution in [-0.4, -0.2) is 38.9 Å². The van der Waals surface area contributed by atoms with Crippen molar-refractivity contribution in [2.24, 2.45) is 0 Å². The zero-order valence-corrected chi connectivity index (χ0v) is 14.0. The van der Waals surface area contributed by atoms with E-state index < -0.39 is 10.0 Å². The molecule has 19 heavy (non-hydrogen) atoms. The highest BCUT2D eigenvalue weighted by Crippen LogP contribution is 2.34. The van der Waals surface area contributed by atoms with Gasteiger partial charge in [-0.15, -0.1) is 11.3 Å². The minimum Gasteiger partial charge on any atom is -0.344 e. The number of carbonyl (C=O) groups is 1. The number of halogens is 2. The van der Waals surface area contributed by atoms with Crippen LogP contribution in [0.5, 0.6) is 0 Å². The van der Waals surface area contributed by atoms with E-state index in [0.29, 0.717) is 28.2 Å². The van der Waals surface area contributed by atoms with E-state index in [0.717, 1.165) is 11.3 Å². The first-order chi connectivity index (χ1) is 8.79. The molecule has 0 bridgehead atoms. The lowest BCUT2D eigenvalue weighted by Crippen LogP contribution is -2.48.